The Bertz CT molecular complexity index is 744. The molecule has 2 heterocycles. The van der Waals surface area contributed by atoms with Crippen LogP contribution in [-0.2, 0) is 13.0 Å². The minimum atomic E-state index is -0.212. The molecule has 0 N–H and O–H groups in total. The summed E-state index contributed by atoms with van der Waals surface area (Å²) < 4.78 is 15.2. The van der Waals surface area contributed by atoms with E-state index in [4.69, 9.17) is 4.98 Å². The Morgan fingerprint density at radius 2 is 1.90 bits per heavy atom. The molecule has 0 atom stereocenters. The van der Waals surface area contributed by atoms with Gasteiger partial charge in [-0.2, -0.15) is 0 Å². The molecule has 3 aromatic rings. The van der Waals surface area contributed by atoms with E-state index in [-0.39, 0.29) is 5.82 Å². The van der Waals surface area contributed by atoms with Crippen LogP contribution in [0.1, 0.15) is 25.2 Å². The number of hydrogen-bond acceptors (Lipinski definition) is 2. The fourth-order valence-corrected chi connectivity index (χ4v) is 2.48. The summed E-state index contributed by atoms with van der Waals surface area (Å²) in [4.78, 5) is 9.14. The Morgan fingerprint density at radius 1 is 1.14 bits per heavy atom. The lowest BCUT2D eigenvalue weighted by Crippen LogP contribution is -2.09. The molecule has 0 saturated carbocycles. The fourth-order valence-electron chi connectivity index (χ4n) is 2.48. The van der Waals surface area contributed by atoms with Gasteiger partial charge in [0.05, 0.1) is 0 Å². The van der Waals surface area contributed by atoms with E-state index in [1.807, 2.05) is 24.3 Å². The molecule has 0 saturated heterocycles. The van der Waals surface area contributed by atoms with Gasteiger partial charge in [-0.3, -0.25) is 0 Å². The Morgan fingerprint density at radius 3 is 2.62 bits per heavy atom. The van der Waals surface area contributed by atoms with Crippen molar-refractivity contribution in [3.05, 3.63) is 59.8 Å². The van der Waals surface area contributed by atoms with Gasteiger partial charge < -0.3 is 4.57 Å². The van der Waals surface area contributed by atoms with Crippen LogP contribution in [0.3, 0.4) is 0 Å². The summed E-state index contributed by atoms with van der Waals surface area (Å²) in [5.74, 6) is 1.27. The van der Waals surface area contributed by atoms with Crippen molar-refractivity contribution in [2.75, 3.05) is 0 Å². The number of fused-ring (bicyclic) bond motifs is 1. The van der Waals surface area contributed by atoms with E-state index in [1.165, 1.54) is 12.1 Å². The quantitative estimate of drug-likeness (QED) is 0.729. The van der Waals surface area contributed by atoms with Crippen LogP contribution < -0.4 is 0 Å². The molecule has 0 unspecified atom stereocenters. The van der Waals surface area contributed by atoms with Crippen molar-refractivity contribution in [3.63, 3.8) is 0 Å². The van der Waals surface area contributed by atoms with Gasteiger partial charge in [0.2, 0.25) is 0 Å². The first-order valence-corrected chi connectivity index (χ1v) is 7.18. The summed E-state index contributed by atoms with van der Waals surface area (Å²) >= 11 is 0. The second-order valence-electron chi connectivity index (χ2n) is 5.68. The molecule has 0 aliphatic rings. The maximum Gasteiger partial charge on any atom is 0.160 e. The smallest absolute Gasteiger partial charge is 0.160 e. The first-order chi connectivity index (χ1) is 10.1. The molecule has 3 rings (SSSR count). The van der Waals surface area contributed by atoms with Gasteiger partial charge in [0.1, 0.15) is 17.2 Å². The maximum absolute atomic E-state index is 13.0. The summed E-state index contributed by atoms with van der Waals surface area (Å²) in [6.45, 7) is 5.23. The van der Waals surface area contributed by atoms with Gasteiger partial charge in [0, 0.05) is 19.2 Å². The molecule has 0 bridgehead atoms. The van der Waals surface area contributed by atoms with Crippen molar-refractivity contribution in [2.45, 2.75) is 26.8 Å². The predicted octanol–water partition coefficient (Wildman–Crippen LogP) is 3.82. The summed E-state index contributed by atoms with van der Waals surface area (Å²) in [6, 6.07) is 10.5. The van der Waals surface area contributed by atoms with Crippen LogP contribution >= 0.6 is 0 Å². The topological polar surface area (TPSA) is 30.7 Å². The average Bonchev–Trinajstić information content (AvgIpc) is 2.79. The zero-order valence-electron chi connectivity index (χ0n) is 12.3. The Hall–Kier alpha value is -2.23. The minimum absolute atomic E-state index is 0.212. The molecule has 0 aliphatic carbocycles. The number of hydrogen-bond donors (Lipinski definition) is 0. The first kappa shape index (κ1) is 13.7. The molecule has 0 spiro atoms. The molecule has 2 aromatic heterocycles. The maximum atomic E-state index is 13.0. The standard InChI is InChI=1S/C17H18FN3/c1-12(2)11-21-16(10-13-5-7-14(18)8-6-13)20-15-4-3-9-19-17(15)21/h3-9,12H,10-11H2,1-2H3. The van der Waals surface area contributed by atoms with Gasteiger partial charge in [-0.1, -0.05) is 26.0 Å². The van der Waals surface area contributed by atoms with E-state index in [2.05, 4.69) is 23.4 Å². The molecule has 0 fully saturated rings. The lowest BCUT2D eigenvalue weighted by atomic mass is 10.1. The summed E-state index contributed by atoms with van der Waals surface area (Å²) in [7, 11) is 0. The monoisotopic (exact) mass is 283 g/mol. The highest BCUT2D eigenvalue weighted by atomic mass is 19.1. The van der Waals surface area contributed by atoms with Gasteiger partial charge in [0.25, 0.3) is 0 Å². The first-order valence-electron chi connectivity index (χ1n) is 7.18. The zero-order chi connectivity index (χ0) is 14.8. The molecule has 0 amide bonds. The number of rotatable bonds is 4. The number of aromatic nitrogens is 3. The SMILES string of the molecule is CC(C)Cn1c(Cc2ccc(F)cc2)nc2cccnc21. The predicted molar refractivity (Wildman–Crippen MR) is 81.6 cm³/mol. The van der Waals surface area contributed by atoms with Crippen LogP contribution in [0.4, 0.5) is 4.39 Å². The van der Waals surface area contributed by atoms with Crippen molar-refractivity contribution >= 4 is 11.2 Å². The van der Waals surface area contributed by atoms with Crippen LogP contribution in [0.2, 0.25) is 0 Å². The van der Waals surface area contributed by atoms with Gasteiger partial charge in [-0.05, 0) is 35.7 Å². The number of imidazole rings is 1. The second-order valence-corrected chi connectivity index (χ2v) is 5.68. The van der Waals surface area contributed by atoms with Crippen LogP contribution in [0.15, 0.2) is 42.6 Å². The summed E-state index contributed by atoms with van der Waals surface area (Å²) in [5, 5.41) is 0. The van der Waals surface area contributed by atoms with Crippen LogP contribution in [0.25, 0.3) is 11.2 Å². The molecule has 4 heteroatoms. The van der Waals surface area contributed by atoms with Crippen molar-refractivity contribution in [1.82, 2.24) is 14.5 Å². The highest BCUT2D eigenvalue weighted by Crippen LogP contribution is 2.18. The van der Waals surface area contributed by atoms with E-state index in [0.717, 1.165) is 29.1 Å². The van der Waals surface area contributed by atoms with Crippen LogP contribution in [0, 0.1) is 11.7 Å². The third-order valence-corrected chi connectivity index (χ3v) is 3.41. The molecule has 108 valence electrons. The number of nitrogens with zero attached hydrogens (tertiary/aromatic N) is 3. The van der Waals surface area contributed by atoms with Gasteiger partial charge in [-0.15, -0.1) is 0 Å². The Labute approximate surface area is 123 Å². The van der Waals surface area contributed by atoms with Gasteiger partial charge in [0.15, 0.2) is 5.65 Å². The number of pyridine rings is 1. The van der Waals surface area contributed by atoms with Crippen molar-refractivity contribution in [2.24, 2.45) is 5.92 Å². The number of halogens is 1. The van der Waals surface area contributed by atoms with E-state index in [1.54, 1.807) is 6.20 Å². The zero-order valence-corrected chi connectivity index (χ0v) is 12.3. The van der Waals surface area contributed by atoms with Crippen LogP contribution in [-0.4, -0.2) is 14.5 Å². The number of benzene rings is 1. The average molecular weight is 283 g/mol. The normalized spacial score (nSPS) is 11.4. The van der Waals surface area contributed by atoms with Crippen molar-refractivity contribution in [1.29, 1.82) is 0 Å². The van der Waals surface area contributed by atoms with E-state index < -0.39 is 0 Å². The third kappa shape index (κ3) is 2.94. The molecule has 21 heavy (non-hydrogen) atoms. The highest BCUT2D eigenvalue weighted by Gasteiger charge is 2.13. The van der Waals surface area contributed by atoms with E-state index >= 15 is 0 Å². The van der Waals surface area contributed by atoms with Crippen molar-refractivity contribution < 1.29 is 4.39 Å². The van der Waals surface area contributed by atoms with E-state index in [9.17, 15) is 4.39 Å². The molecular formula is C17H18FN3. The Balaban J connectivity index is 2.02. The molecular weight excluding hydrogens is 265 g/mol. The van der Waals surface area contributed by atoms with Crippen LogP contribution in [0.5, 0.6) is 0 Å². The van der Waals surface area contributed by atoms with Crippen molar-refractivity contribution in [3.8, 4) is 0 Å². The lowest BCUT2D eigenvalue weighted by Gasteiger charge is -2.11. The van der Waals surface area contributed by atoms with Gasteiger partial charge in [-0.25, -0.2) is 14.4 Å². The molecule has 0 aliphatic heterocycles. The summed E-state index contributed by atoms with van der Waals surface area (Å²) in [5.41, 5.74) is 2.88. The third-order valence-electron chi connectivity index (χ3n) is 3.41. The Kier molecular flexibility index (Phi) is 3.69. The van der Waals surface area contributed by atoms with Gasteiger partial charge >= 0.3 is 0 Å². The lowest BCUT2D eigenvalue weighted by molar-refractivity contribution is 0.517. The summed E-state index contributed by atoms with van der Waals surface area (Å²) in [6.07, 6.45) is 2.48. The minimum Gasteiger partial charge on any atom is -0.312 e. The molecule has 3 nitrogen and oxygen atoms in total. The largest absolute Gasteiger partial charge is 0.312 e. The molecule has 0 radical (unpaired) electrons. The second kappa shape index (κ2) is 5.64. The fraction of sp³-hybridized carbons (Fsp3) is 0.294. The molecule has 1 aromatic carbocycles. The van der Waals surface area contributed by atoms with E-state index in [0.29, 0.717) is 12.3 Å². The highest BCUT2D eigenvalue weighted by molar-refractivity contribution is 5.71.